The van der Waals surface area contributed by atoms with Gasteiger partial charge in [-0.25, -0.2) is 0 Å². The molecule has 0 saturated carbocycles. The highest BCUT2D eigenvalue weighted by atomic mass is 14.8. The first-order valence-electron chi connectivity index (χ1n) is 7.92. The van der Waals surface area contributed by atoms with E-state index in [1.165, 1.54) is 22.3 Å². The van der Waals surface area contributed by atoms with Crippen molar-refractivity contribution in [3.05, 3.63) is 107 Å². The van der Waals surface area contributed by atoms with Crippen molar-refractivity contribution in [2.24, 2.45) is 4.99 Å². The molecule has 23 heavy (non-hydrogen) atoms. The Labute approximate surface area is 135 Å². The van der Waals surface area contributed by atoms with Crippen LogP contribution in [0.25, 0.3) is 6.08 Å². The van der Waals surface area contributed by atoms with Gasteiger partial charge in [-0.2, -0.15) is 0 Å². The molecule has 0 fully saturated rings. The molecule has 1 nitrogen and oxygen atoms in total. The highest BCUT2D eigenvalue weighted by Crippen LogP contribution is 2.50. The van der Waals surface area contributed by atoms with Gasteiger partial charge >= 0.3 is 0 Å². The number of nitrogens with zero attached hydrogens (tertiary/aromatic N) is 1. The van der Waals surface area contributed by atoms with Gasteiger partial charge < -0.3 is 0 Å². The summed E-state index contributed by atoms with van der Waals surface area (Å²) in [6.07, 6.45) is 4.55. The van der Waals surface area contributed by atoms with Crippen molar-refractivity contribution in [2.45, 2.75) is 5.41 Å². The van der Waals surface area contributed by atoms with Crippen LogP contribution in [0, 0.1) is 0 Å². The molecule has 2 aliphatic rings. The minimum Gasteiger partial charge on any atom is -0.251 e. The monoisotopic (exact) mass is 293 g/mol. The molecule has 0 aromatic heterocycles. The van der Waals surface area contributed by atoms with E-state index < -0.39 is 0 Å². The fourth-order valence-electron chi connectivity index (χ4n) is 3.84. The highest BCUT2D eigenvalue weighted by Gasteiger charge is 2.45. The minimum absolute atomic E-state index is 0.272. The van der Waals surface area contributed by atoms with E-state index >= 15 is 0 Å². The van der Waals surface area contributed by atoms with Gasteiger partial charge in [-0.05, 0) is 22.8 Å². The average Bonchev–Trinajstić information content (AvgIpc) is 2.98. The van der Waals surface area contributed by atoms with Gasteiger partial charge in [0.1, 0.15) is 0 Å². The van der Waals surface area contributed by atoms with Gasteiger partial charge in [-0.1, -0.05) is 84.9 Å². The standard InChI is InChI=1S/C22H15N/c1-2-9-17(10-3-1)22-15-14-16-8-4-5-11-18(16)21(22)23-20-13-7-6-12-19(20)22/h1-15H/t22-/m0/s1. The molecular formula is C22H15N. The molecule has 0 saturated heterocycles. The fraction of sp³-hybridized carbons (Fsp3) is 0.0455. The minimum atomic E-state index is -0.272. The number of fused-ring (bicyclic) bond motifs is 5. The molecule has 108 valence electrons. The van der Waals surface area contributed by atoms with Crippen molar-refractivity contribution in [1.82, 2.24) is 0 Å². The van der Waals surface area contributed by atoms with Crippen molar-refractivity contribution in [3.8, 4) is 0 Å². The topological polar surface area (TPSA) is 12.4 Å². The Morgan fingerprint density at radius 3 is 2.35 bits per heavy atom. The summed E-state index contributed by atoms with van der Waals surface area (Å²) in [6, 6.07) is 27.7. The quantitative estimate of drug-likeness (QED) is 0.589. The maximum Gasteiger partial charge on any atom is 0.0835 e. The molecule has 0 amide bonds. The molecular weight excluding hydrogens is 278 g/mol. The summed E-state index contributed by atoms with van der Waals surface area (Å²) in [6.45, 7) is 0. The summed E-state index contributed by atoms with van der Waals surface area (Å²) in [5.74, 6) is 0. The predicted octanol–water partition coefficient (Wildman–Crippen LogP) is 5.13. The second-order valence-corrected chi connectivity index (χ2v) is 6.07. The SMILES string of the molecule is C1=C[C@@]2(c3ccccc3)C(=Nc3ccccc32)c2ccccc21. The van der Waals surface area contributed by atoms with E-state index in [0.29, 0.717) is 0 Å². The zero-order chi connectivity index (χ0) is 15.3. The third-order valence-corrected chi connectivity index (χ3v) is 4.89. The van der Waals surface area contributed by atoms with Gasteiger partial charge in [0.2, 0.25) is 0 Å². The van der Waals surface area contributed by atoms with Crippen molar-refractivity contribution in [2.75, 3.05) is 0 Å². The number of aliphatic imine (C=N–C) groups is 1. The lowest BCUT2D eigenvalue weighted by Gasteiger charge is -2.33. The summed E-state index contributed by atoms with van der Waals surface area (Å²) in [4.78, 5) is 5.03. The van der Waals surface area contributed by atoms with E-state index in [2.05, 4.69) is 91.0 Å². The Morgan fingerprint density at radius 1 is 0.696 bits per heavy atom. The molecule has 3 aromatic carbocycles. The molecule has 1 heterocycles. The maximum atomic E-state index is 5.03. The lowest BCUT2D eigenvalue weighted by molar-refractivity contribution is 0.892. The summed E-state index contributed by atoms with van der Waals surface area (Å²) in [5, 5.41) is 0. The van der Waals surface area contributed by atoms with Crippen LogP contribution in [0.5, 0.6) is 0 Å². The zero-order valence-corrected chi connectivity index (χ0v) is 12.6. The lowest BCUT2D eigenvalue weighted by Crippen LogP contribution is -2.35. The fourth-order valence-corrected chi connectivity index (χ4v) is 3.84. The number of hydrogen-bond acceptors (Lipinski definition) is 1. The van der Waals surface area contributed by atoms with E-state index in [-0.39, 0.29) is 5.41 Å². The van der Waals surface area contributed by atoms with E-state index in [1.807, 2.05) is 0 Å². The van der Waals surface area contributed by atoms with Gasteiger partial charge in [-0.3, -0.25) is 4.99 Å². The Balaban J connectivity index is 1.89. The number of hydrogen-bond donors (Lipinski definition) is 0. The summed E-state index contributed by atoms with van der Waals surface area (Å²) in [5.41, 5.74) is 6.96. The predicted molar refractivity (Wildman–Crippen MR) is 95.3 cm³/mol. The average molecular weight is 293 g/mol. The Bertz CT molecular complexity index is 966. The Hall–Kier alpha value is -2.93. The zero-order valence-electron chi connectivity index (χ0n) is 12.6. The van der Waals surface area contributed by atoms with Gasteiger partial charge in [0.25, 0.3) is 0 Å². The molecule has 0 N–H and O–H groups in total. The number of rotatable bonds is 1. The van der Waals surface area contributed by atoms with Gasteiger partial charge in [0.05, 0.1) is 16.8 Å². The van der Waals surface area contributed by atoms with Crippen LogP contribution >= 0.6 is 0 Å². The molecule has 1 heteroatoms. The van der Waals surface area contributed by atoms with E-state index in [9.17, 15) is 0 Å². The largest absolute Gasteiger partial charge is 0.251 e. The lowest BCUT2D eigenvalue weighted by atomic mass is 9.67. The normalized spacial score (nSPS) is 20.4. The number of allylic oxidation sites excluding steroid dienone is 1. The molecule has 0 bridgehead atoms. The van der Waals surface area contributed by atoms with Crippen LogP contribution in [0.1, 0.15) is 22.3 Å². The summed E-state index contributed by atoms with van der Waals surface area (Å²) in [7, 11) is 0. The third-order valence-electron chi connectivity index (χ3n) is 4.89. The van der Waals surface area contributed by atoms with Gasteiger partial charge in [0, 0.05) is 5.56 Å². The van der Waals surface area contributed by atoms with Crippen LogP contribution in [-0.2, 0) is 5.41 Å². The van der Waals surface area contributed by atoms with Gasteiger partial charge in [0.15, 0.2) is 0 Å². The Kier molecular flexibility index (Phi) is 2.48. The van der Waals surface area contributed by atoms with Crippen LogP contribution < -0.4 is 0 Å². The van der Waals surface area contributed by atoms with E-state index in [1.54, 1.807) is 0 Å². The van der Waals surface area contributed by atoms with Gasteiger partial charge in [-0.15, -0.1) is 0 Å². The highest BCUT2D eigenvalue weighted by molar-refractivity contribution is 6.19. The van der Waals surface area contributed by atoms with Crippen molar-refractivity contribution >= 4 is 17.5 Å². The smallest absolute Gasteiger partial charge is 0.0835 e. The van der Waals surface area contributed by atoms with E-state index in [0.717, 1.165) is 11.4 Å². The third kappa shape index (κ3) is 1.59. The van der Waals surface area contributed by atoms with Crippen LogP contribution in [0.2, 0.25) is 0 Å². The van der Waals surface area contributed by atoms with Crippen LogP contribution in [0.3, 0.4) is 0 Å². The van der Waals surface area contributed by atoms with Crippen molar-refractivity contribution < 1.29 is 0 Å². The first-order chi connectivity index (χ1) is 11.4. The molecule has 5 rings (SSSR count). The Morgan fingerprint density at radius 2 is 1.43 bits per heavy atom. The first kappa shape index (κ1) is 12.6. The van der Waals surface area contributed by atoms with Crippen LogP contribution in [0.4, 0.5) is 5.69 Å². The summed E-state index contributed by atoms with van der Waals surface area (Å²) >= 11 is 0. The van der Waals surface area contributed by atoms with E-state index in [4.69, 9.17) is 4.99 Å². The maximum absolute atomic E-state index is 5.03. The molecule has 1 aliphatic heterocycles. The molecule has 0 unspecified atom stereocenters. The first-order valence-corrected chi connectivity index (χ1v) is 7.92. The molecule has 1 atom stereocenters. The van der Waals surface area contributed by atoms with Crippen molar-refractivity contribution in [3.63, 3.8) is 0 Å². The summed E-state index contributed by atoms with van der Waals surface area (Å²) < 4.78 is 0. The number of benzene rings is 3. The molecule has 0 radical (unpaired) electrons. The van der Waals surface area contributed by atoms with Crippen LogP contribution in [-0.4, -0.2) is 5.71 Å². The number of para-hydroxylation sites is 1. The second-order valence-electron chi connectivity index (χ2n) is 6.07. The second kappa shape index (κ2) is 4.53. The molecule has 1 aliphatic carbocycles. The van der Waals surface area contributed by atoms with Crippen molar-refractivity contribution in [1.29, 1.82) is 0 Å². The van der Waals surface area contributed by atoms with Crippen LogP contribution in [0.15, 0.2) is 89.9 Å². The molecule has 0 spiro atoms. The molecule has 3 aromatic rings.